The Hall–Kier alpha value is -0.860. The first-order valence-electron chi connectivity index (χ1n) is 8.56. The van der Waals surface area contributed by atoms with E-state index < -0.39 is 0 Å². The van der Waals surface area contributed by atoms with Crippen molar-refractivity contribution in [1.29, 1.82) is 0 Å². The molecule has 2 nitrogen and oxygen atoms in total. The summed E-state index contributed by atoms with van der Waals surface area (Å²) in [7, 11) is 2.17. The molecule has 1 unspecified atom stereocenters. The van der Waals surface area contributed by atoms with Crippen LogP contribution in [0, 0.1) is 0 Å². The van der Waals surface area contributed by atoms with Gasteiger partial charge in [-0.2, -0.15) is 0 Å². The zero-order valence-electron chi connectivity index (χ0n) is 13.9. The summed E-state index contributed by atoms with van der Waals surface area (Å²) in [6, 6.07) is 9.11. The molecule has 21 heavy (non-hydrogen) atoms. The predicted molar refractivity (Wildman–Crippen MR) is 89.6 cm³/mol. The molecule has 118 valence electrons. The highest BCUT2D eigenvalue weighted by Gasteiger charge is 2.19. The van der Waals surface area contributed by atoms with E-state index in [4.69, 9.17) is 0 Å². The third-order valence-electron chi connectivity index (χ3n) is 4.90. The second kappa shape index (κ2) is 7.95. The van der Waals surface area contributed by atoms with E-state index in [1.165, 1.54) is 44.1 Å². The molecule has 0 bridgehead atoms. The number of rotatable bonds is 5. The van der Waals surface area contributed by atoms with Gasteiger partial charge in [-0.3, -0.25) is 0 Å². The Morgan fingerprint density at radius 3 is 2.05 bits per heavy atom. The summed E-state index contributed by atoms with van der Waals surface area (Å²) in [5.41, 5.74) is 2.38. The molecule has 1 fully saturated rings. The molecule has 1 aromatic rings. The highest BCUT2D eigenvalue weighted by atomic mass is 16.3. The fourth-order valence-corrected chi connectivity index (χ4v) is 3.33. The summed E-state index contributed by atoms with van der Waals surface area (Å²) in [5, 5.41) is 10.5. The highest BCUT2D eigenvalue weighted by molar-refractivity contribution is 5.26. The van der Waals surface area contributed by atoms with E-state index in [2.05, 4.69) is 50.1 Å². The van der Waals surface area contributed by atoms with Crippen molar-refractivity contribution in [3.05, 3.63) is 35.4 Å². The van der Waals surface area contributed by atoms with Gasteiger partial charge in [0.1, 0.15) is 0 Å². The maximum Gasteiger partial charge on any atom is 0.0916 e. The Morgan fingerprint density at radius 1 is 1.00 bits per heavy atom. The molecule has 0 amide bonds. The SMILES string of the molecule is CC(C)c1ccc(C(O)CN(C)C2CCCCCC2)cc1. The zero-order chi connectivity index (χ0) is 15.2. The molecule has 1 N–H and O–H groups in total. The Kier molecular flexibility index (Phi) is 6.25. The van der Waals surface area contributed by atoms with Crippen molar-refractivity contribution in [2.24, 2.45) is 0 Å². The lowest BCUT2D eigenvalue weighted by atomic mass is 9.99. The number of aliphatic hydroxyl groups excluding tert-OH is 1. The smallest absolute Gasteiger partial charge is 0.0916 e. The Morgan fingerprint density at radius 2 is 1.52 bits per heavy atom. The second-order valence-electron chi connectivity index (χ2n) is 6.92. The summed E-state index contributed by atoms with van der Waals surface area (Å²) >= 11 is 0. The molecule has 0 aromatic heterocycles. The molecule has 0 spiro atoms. The van der Waals surface area contributed by atoms with Crippen LogP contribution < -0.4 is 0 Å². The quantitative estimate of drug-likeness (QED) is 0.807. The third kappa shape index (κ3) is 4.82. The average Bonchev–Trinajstić information content (AvgIpc) is 2.76. The predicted octanol–water partition coefficient (Wildman–Crippen LogP) is 4.50. The van der Waals surface area contributed by atoms with Gasteiger partial charge < -0.3 is 10.0 Å². The van der Waals surface area contributed by atoms with Crippen molar-refractivity contribution >= 4 is 0 Å². The van der Waals surface area contributed by atoms with Gasteiger partial charge in [-0.1, -0.05) is 63.8 Å². The maximum absolute atomic E-state index is 10.5. The molecular weight excluding hydrogens is 258 g/mol. The first-order valence-corrected chi connectivity index (χ1v) is 8.56. The van der Waals surface area contributed by atoms with Crippen molar-refractivity contribution in [1.82, 2.24) is 4.90 Å². The van der Waals surface area contributed by atoms with Crippen LogP contribution in [0.1, 0.15) is 75.5 Å². The van der Waals surface area contributed by atoms with Crippen LogP contribution >= 0.6 is 0 Å². The molecule has 1 saturated carbocycles. The Bertz CT molecular complexity index is 404. The summed E-state index contributed by atoms with van der Waals surface area (Å²) in [4.78, 5) is 2.37. The molecule has 0 heterocycles. The highest BCUT2D eigenvalue weighted by Crippen LogP contribution is 2.24. The average molecular weight is 289 g/mol. The van der Waals surface area contributed by atoms with Crippen LogP contribution in [-0.2, 0) is 0 Å². The first-order chi connectivity index (χ1) is 10.1. The molecule has 2 heteroatoms. The van der Waals surface area contributed by atoms with E-state index in [9.17, 15) is 5.11 Å². The van der Waals surface area contributed by atoms with E-state index >= 15 is 0 Å². The molecule has 0 radical (unpaired) electrons. The van der Waals surface area contributed by atoms with Crippen molar-refractivity contribution in [3.63, 3.8) is 0 Å². The number of likely N-dealkylation sites (N-methyl/N-ethyl adjacent to an activating group) is 1. The van der Waals surface area contributed by atoms with Crippen LogP contribution in [0.3, 0.4) is 0 Å². The number of hydrogen-bond acceptors (Lipinski definition) is 2. The van der Waals surface area contributed by atoms with E-state index in [-0.39, 0.29) is 6.10 Å². The maximum atomic E-state index is 10.5. The zero-order valence-corrected chi connectivity index (χ0v) is 13.9. The molecule has 1 aliphatic rings. The van der Waals surface area contributed by atoms with Crippen LogP contribution in [0.25, 0.3) is 0 Å². The lowest BCUT2D eigenvalue weighted by Gasteiger charge is -2.29. The van der Waals surface area contributed by atoms with Gasteiger partial charge in [0.15, 0.2) is 0 Å². The number of benzene rings is 1. The Balaban J connectivity index is 1.91. The largest absolute Gasteiger partial charge is 0.387 e. The minimum Gasteiger partial charge on any atom is -0.387 e. The summed E-state index contributed by atoms with van der Waals surface area (Å²) < 4.78 is 0. The van der Waals surface area contributed by atoms with Gasteiger partial charge in [0.2, 0.25) is 0 Å². The number of hydrogen-bond donors (Lipinski definition) is 1. The first kappa shape index (κ1) is 16.5. The molecule has 1 atom stereocenters. The van der Waals surface area contributed by atoms with Crippen LogP contribution in [0.5, 0.6) is 0 Å². The van der Waals surface area contributed by atoms with Crippen LogP contribution in [0.15, 0.2) is 24.3 Å². The Labute approximate surface area is 130 Å². The molecule has 1 aliphatic carbocycles. The van der Waals surface area contributed by atoms with Crippen LogP contribution in [-0.4, -0.2) is 29.6 Å². The van der Waals surface area contributed by atoms with Gasteiger partial charge in [0, 0.05) is 12.6 Å². The van der Waals surface area contributed by atoms with E-state index in [1.807, 2.05) is 0 Å². The van der Waals surface area contributed by atoms with Gasteiger partial charge in [0.05, 0.1) is 6.10 Å². The number of aliphatic hydroxyl groups is 1. The van der Waals surface area contributed by atoms with Crippen molar-refractivity contribution in [3.8, 4) is 0 Å². The van der Waals surface area contributed by atoms with Crippen molar-refractivity contribution in [2.75, 3.05) is 13.6 Å². The van der Waals surface area contributed by atoms with Gasteiger partial charge in [-0.05, 0) is 36.9 Å². The molecule has 0 saturated heterocycles. The minimum atomic E-state index is -0.375. The molecular formula is C19H31NO. The fraction of sp³-hybridized carbons (Fsp3) is 0.684. The van der Waals surface area contributed by atoms with Gasteiger partial charge >= 0.3 is 0 Å². The van der Waals surface area contributed by atoms with E-state index in [1.54, 1.807) is 0 Å². The molecule has 2 rings (SSSR count). The number of nitrogens with zero attached hydrogens (tertiary/aromatic N) is 1. The van der Waals surface area contributed by atoms with Crippen LogP contribution in [0.2, 0.25) is 0 Å². The topological polar surface area (TPSA) is 23.5 Å². The standard InChI is InChI=1S/C19H31NO/c1-15(2)16-10-12-17(13-11-16)19(21)14-20(3)18-8-6-4-5-7-9-18/h10-13,15,18-19,21H,4-9,14H2,1-3H3. The van der Waals surface area contributed by atoms with Gasteiger partial charge in [-0.25, -0.2) is 0 Å². The van der Waals surface area contributed by atoms with Crippen molar-refractivity contribution in [2.45, 2.75) is 70.4 Å². The van der Waals surface area contributed by atoms with Crippen molar-refractivity contribution < 1.29 is 5.11 Å². The molecule has 0 aliphatic heterocycles. The summed E-state index contributed by atoms with van der Waals surface area (Å²) in [6.45, 7) is 5.14. The van der Waals surface area contributed by atoms with Gasteiger partial charge in [-0.15, -0.1) is 0 Å². The molecule has 1 aromatic carbocycles. The fourth-order valence-electron chi connectivity index (χ4n) is 3.33. The minimum absolute atomic E-state index is 0.375. The monoisotopic (exact) mass is 289 g/mol. The van der Waals surface area contributed by atoms with E-state index in [0.717, 1.165) is 12.1 Å². The van der Waals surface area contributed by atoms with Crippen LogP contribution in [0.4, 0.5) is 0 Å². The van der Waals surface area contributed by atoms with Gasteiger partial charge in [0.25, 0.3) is 0 Å². The lowest BCUT2D eigenvalue weighted by molar-refractivity contribution is 0.0990. The third-order valence-corrected chi connectivity index (χ3v) is 4.90. The second-order valence-corrected chi connectivity index (χ2v) is 6.92. The summed E-state index contributed by atoms with van der Waals surface area (Å²) in [6.07, 6.45) is 7.64. The summed E-state index contributed by atoms with van der Waals surface area (Å²) in [5.74, 6) is 0.546. The van der Waals surface area contributed by atoms with E-state index in [0.29, 0.717) is 12.0 Å². The lowest BCUT2D eigenvalue weighted by Crippen LogP contribution is -2.34. The normalized spacial score (nSPS) is 19.0.